The van der Waals surface area contributed by atoms with Crippen molar-refractivity contribution in [2.45, 2.75) is 212 Å². The van der Waals surface area contributed by atoms with Crippen molar-refractivity contribution in [3.05, 3.63) is 24.3 Å². The molecule has 1 N–H and O–H groups in total. The van der Waals surface area contributed by atoms with E-state index in [4.69, 9.17) is 14.2 Å². The fourth-order valence-electron chi connectivity index (χ4n) is 6.59. The van der Waals surface area contributed by atoms with E-state index in [1.54, 1.807) is 0 Å². The van der Waals surface area contributed by atoms with E-state index in [2.05, 4.69) is 38.2 Å². The number of likely N-dealkylation sites (N-methyl/N-ethyl adjacent to an activating group) is 1. The third-order valence-corrected chi connectivity index (χ3v) is 10.1. The highest BCUT2D eigenvalue weighted by Crippen LogP contribution is 2.15. The van der Waals surface area contributed by atoms with Crippen molar-refractivity contribution in [1.29, 1.82) is 0 Å². The van der Waals surface area contributed by atoms with Gasteiger partial charge in [0.2, 0.25) is 0 Å². The van der Waals surface area contributed by atoms with Crippen molar-refractivity contribution >= 4 is 17.9 Å². The Kier molecular flexibility index (Phi) is 36.2. The van der Waals surface area contributed by atoms with Gasteiger partial charge in [0.05, 0.1) is 34.4 Å². The number of nitrogens with zero attached hydrogens (tertiary/aromatic N) is 1. The van der Waals surface area contributed by atoms with Gasteiger partial charge in [-0.2, -0.15) is 0 Å². The minimum atomic E-state index is -0.875. The van der Waals surface area contributed by atoms with Crippen LogP contribution in [0.4, 0.5) is 0 Å². The number of esters is 2. The van der Waals surface area contributed by atoms with Gasteiger partial charge in [-0.15, -0.1) is 0 Å². The van der Waals surface area contributed by atoms with Crippen molar-refractivity contribution in [1.82, 2.24) is 0 Å². The van der Waals surface area contributed by atoms with E-state index in [9.17, 15) is 19.5 Å². The van der Waals surface area contributed by atoms with Gasteiger partial charge < -0.3 is 23.8 Å². The second-order valence-electron chi connectivity index (χ2n) is 16.3. The van der Waals surface area contributed by atoms with Crippen LogP contribution < -0.4 is 0 Å². The molecule has 8 heteroatoms. The average molecular weight is 765 g/mol. The molecule has 0 radical (unpaired) electrons. The minimum absolute atomic E-state index is 0.0500. The number of aliphatic carboxylic acids is 1. The number of quaternary nitrogens is 1. The summed E-state index contributed by atoms with van der Waals surface area (Å²) in [5, 5.41) is 9.61. The van der Waals surface area contributed by atoms with Crippen molar-refractivity contribution in [2.24, 2.45) is 0 Å². The maximum absolute atomic E-state index is 12.7. The van der Waals surface area contributed by atoms with Crippen LogP contribution in [0.15, 0.2) is 24.3 Å². The van der Waals surface area contributed by atoms with E-state index in [1.165, 1.54) is 116 Å². The Morgan fingerprint density at radius 1 is 0.556 bits per heavy atom. The third kappa shape index (κ3) is 35.5. The monoisotopic (exact) mass is 765 g/mol. The SMILES string of the molecule is CCCCC/C=C\C/C=C\CCCCCCCCCC(=O)OC(COCCC(C(=O)O)[N+](C)(C)C)COC(=O)CCCCCCCCCCCCCCC. The van der Waals surface area contributed by atoms with Gasteiger partial charge in [-0.3, -0.25) is 9.59 Å². The summed E-state index contributed by atoms with van der Waals surface area (Å²) in [5.41, 5.74) is 0. The second-order valence-corrected chi connectivity index (χ2v) is 16.3. The zero-order valence-corrected chi connectivity index (χ0v) is 35.9. The lowest BCUT2D eigenvalue weighted by molar-refractivity contribution is -0.887. The molecule has 2 unspecified atom stereocenters. The summed E-state index contributed by atoms with van der Waals surface area (Å²) < 4.78 is 17.3. The predicted octanol–water partition coefficient (Wildman–Crippen LogP) is 12.1. The lowest BCUT2D eigenvalue weighted by Gasteiger charge is -2.31. The Bertz CT molecular complexity index is 942. The van der Waals surface area contributed by atoms with Gasteiger partial charge in [-0.25, -0.2) is 4.79 Å². The van der Waals surface area contributed by atoms with Gasteiger partial charge in [0.15, 0.2) is 12.1 Å². The molecule has 0 saturated carbocycles. The number of carboxylic acid groups (broad SMARTS) is 1. The number of hydrogen-bond acceptors (Lipinski definition) is 6. The molecular formula is C46H86NO7+. The minimum Gasteiger partial charge on any atom is -0.477 e. The summed E-state index contributed by atoms with van der Waals surface area (Å²) in [7, 11) is 5.53. The molecular weight excluding hydrogens is 679 g/mol. The molecule has 0 aliphatic carbocycles. The second kappa shape index (κ2) is 37.7. The molecule has 0 aliphatic heterocycles. The lowest BCUT2D eigenvalue weighted by atomic mass is 10.0. The van der Waals surface area contributed by atoms with Crippen molar-refractivity contribution < 1.29 is 38.2 Å². The third-order valence-electron chi connectivity index (χ3n) is 10.1. The van der Waals surface area contributed by atoms with Crippen molar-refractivity contribution in [3.63, 3.8) is 0 Å². The number of ether oxygens (including phenoxy) is 3. The first-order chi connectivity index (χ1) is 26.1. The molecule has 316 valence electrons. The largest absolute Gasteiger partial charge is 0.477 e. The first kappa shape index (κ1) is 51.8. The lowest BCUT2D eigenvalue weighted by Crippen LogP contribution is -2.50. The van der Waals surface area contributed by atoms with Crippen LogP contribution in [0, 0.1) is 0 Å². The molecule has 0 aromatic heterocycles. The molecule has 54 heavy (non-hydrogen) atoms. The molecule has 0 amide bonds. The van der Waals surface area contributed by atoms with E-state index in [-0.39, 0.29) is 36.2 Å². The highest BCUT2D eigenvalue weighted by molar-refractivity contribution is 5.72. The summed E-state index contributed by atoms with van der Waals surface area (Å²) in [6, 6.07) is -0.613. The van der Waals surface area contributed by atoms with E-state index < -0.39 is 18.1 Å². The Morgan fingerprint density at radius 3 is 1.46 bits per heavy atom. The van der Waals surface area contributed by atoms with Crippen LogP contribution in [0.2, 0.25) is 0 Å². The summed E-state index contributed by atoms with van der Waals surface area (Å²) in [4.78, 5) is 37.0. The van der Waals surface area contributed by atoms with Gasteiger partial charge in [0.25, 0.3) is 0 Å². The summed E-state index contributed by atoms with van der Waals surface area (Å²) >= 11 is 0. The molecule has 0 heterocycles. The molecule has 8 nitrogen and oxygen atoms in total. The van der Waals surface area contributed by atoms with Crippen LogP contribution in [-0.2, 0) is 28.6 Å². The van der Waals surface area contributed by atoms with Crippen molar-refractivity contribution in [3.8, 4) is 0 Å². The Balaban J connectivity index is 4.33. The van der Waals surface area contributed by atoms with Crippen LogP contribution >= 0.6 is 0 Å². The zero-order chi connectivity index (χ0) is 40.0. The molecule has 0 spiro atoms. The topological polar surface area (TPSA) is 99.1 Å². The highest BCUT2D eigenvalue weighted by atomic mass is 16.6. The van der Waals surface area contributed by atoms with E-state index in [0.717, 1.165) is 51.4 Å². The fraction of sp³-hybridized carbons (Fsp3) is 0.848. The normalized spacial score (nSPS) is 13.1. The van der Waals surface area contributed by atoms with Crippen LogP contribution in [0.25, 0.3) is 0 Å². The summed E-state index contributed by atoms with van der Waals surface area (Å²) in [6.45, 7) is 4.72. The van der Waals surface area contributed by atoms with Crippen LogP contribution in [0.5, 0.6) is 0 Å². The molecule has 2 atom stereocenters. The molecule has 0 aliphatic rings. The number of unbranched alkanes of at least 4 members (excludes halogenated alkanes) is 22. The molecule has 0 saturated heterocycles. The van der Waals surface area contributed by atoms with Gasteiger partial charge in [0, 0.05) is 19.3 Å². The summed E-state index contributed by atoms with van der Waals surface area (Å²) in [6.07, 6.45) is 40.7. The summed E-state index contributed by atoms with van der Waals surface area (Å²) in [5.74, 6) is -1.47. The number of rotatable bonds is 40. The van der Waals surface area contributed by atoms with Crippen LogP contribution in [0.3, 0.4) is 0 Å². The highest BCUT2D eigenvalue weighted by Gasteiger charge is 2.31. The number of allylic oxidation sites excluding steroid dienone is 4. The molecule has 0 rings (SSSR count). The Labute approximate surface area is 332 Å². The van der Waals surface area contributed by atoms with Gasteiger partial charge >= 0.3 is 17.9 Å². The molecule has 0 fully saturated rings. The predicted molar refractivity (Wildman–Crippen MR) is 225 cm³/mol. The first-order valence-electron chi connectivity index (χ1n) is 22.4. The molecule has 0 bridgehead atoms. The molecule has 0 aromatic rings. The van der Waals surface area contributed by atoms with E-state index in [0.29, 0.717) is 19.3 Å². The standard InChI is InChI=1S/C46H85NO7/c1-6-8-10-12-14-16-18-20-21-22-23-25-27-29-31-33-35-37-45(49)54-42(40-52-39-38-43(46(50)51)47(3,4)5)41-53-44(48)36-34-32-30-28-26-24-19-17-15-13-11-9-7-2/h14,16,20-21,42-43H,6-13,15,17-19,22-41H2,1-5H3/p+1/b16-14-,21-20-. The van der Waals surface area contributed by atoms with Crippen molar-refractivity contribution in [2.75, 3.05) is 41.0 Å². The zero-order valence-electron chi connectivity index (χ0n) is 35.9. The maximum Gasteiger partial charge on any atom is 0.362 e. The first-order valence-corrected chi connectivity index (χ1v) is 22.4. The quantitative estimate of drug-likeness (QED) is 0.0287. The van der Waals surface area contributed by atoms with Crippen LogP contribution in [-0.4, -0.2) is 80.6 Å². The van der Waals surface area contributed by atoms with Crippen LogP contribution in [0.1, 0.15) is 200 Å². The van der Waals surface area contributed by atoms with E-state index >= 15 is 0 Å². The number of hydrogen-bond donors (Lipinski definition) is 1. The Hall–Kier alpha value is -2.19. The number of carbonyl (C=O) groups is 3. The number of carbonyl (C=O) groups excluding carboxylic acids is 2. The van der Waals surface area contributed by atoms with Gasteiger partial charge in [-0.05, 0) is 44.9 Å². The average Bonchev–Trinajstić information content (AvgIpc) is 3.12. The number of carboxylic acids is 1. The van der Waals surface area contributed by atoms with Gasteiger partial charge in [-0.1, -0.05) is 160 Å². The maximum atomic E-state index is 12.7. The smallest absolute Gasteiger partial charge is 0.362 e. The molecule has 0 aromatic carbocycles. The van der Waals surface area contributed by atoms with Gasteiger partial charge in [0.1, 0.15) is 6.61 Å². The fourth-order valence-corrected chi connectivity index (χ4v) is 6.59. The van der Waals surface area contributed by atoms with E-state index in [1.807, 2.05) is 21.1 Å². The Morgan fingerprint density at radius 2 is 0.981 bits per heavy atom.